The van der Waals surface area contributed by atoms with Gasteiger partial charge in [0.25, 0.3) is 0 Å². The molecule has 122 valence electrons. The molecule has 0 aliphatic carbocycles. The predicted octanol–water partition coefficient (Wildman–Crippen LogP) is 2.63. The van der Waals surface area contributed by atoms with Crippen LogP contribution in [0.1, 0.15) is 10.4 Å². The van der Waals surface area contributed by atoms with Gasteiger partial charge in [-0.2, -0.15) is 0 Å². The van der Waals surface area contributed by atoms with Crippen molar-refractivity contribution in [1.29, 1.82) is 0 Å². The number of carbonyl (C=O) groups is 1. The molecule has 2 aliphatic heterocycles. The average molecular weight is 322 g/mol. The number of fused-ring (bicyclic) bond motifs is 1. The highest BCUT2D eigenvalue weighted by atomic mass is 16.5. The zero-order valence-corrected chi connectivity index (χ0v) is 13.2. The van der Waals surface area contributed by atoms with Gasteiger partial charge in [-0.25, -0.2) is 0 Å². The number of hydrogen-bond donors (Lipinski definition) is 1. The number of carbonyl (C=O) groups excluding carboxylic acids is 1. The van der Waals surface area contributed by atoms with Gasteiger partial charge in [-0.05, 0) is 24.3 Å². The Labute approximate surface area is 140 Å². The van der Waals surface area contributed by atoms with Crippen molar-refractivity contribution in [3.8, 4) is 11.5 Å². The number of para-hydroxylation sites is 1. The van der Waals surface area contributed by atoms with Crippen LogP contribution in [0, 0.1) is 0 Å². The van der Waals surface area contributed by atoms with Crippen molar-refractivity contribution in [3.05, 3.63) is 66.1 Å². The van der Waals surface area contributed by atoms with Gasteiger partial charge in [-0.15, -0.1) is 0 Å². The van der Waals surface area contributed by atoms with Gasteiger partial charge in [0, 0.05) is 44.1 Å². The third kappa shape index (κ3) is 2.69. The zero-order valence-electron chi connectivity index (χ0n) is 13.2. The molecular formula is C19H18N2O3. The first kappa shape index (κ1) is 14.6. The fourth-order valence-corrected chi connectivity index (χ4v) is 3.08. The molecule has 24 heavy (non-hydrogen) atoms. The summed E-state index contributed by atoms with van der Waals surface area (Å²) in [5.41, 5.74) is 1.72. The molecule has 0 spiro atoms. The third-order valence-corrected chi connectivity index (χ3v) is 4.39. The number of hydrogen-bond acceptors (Lipinski definition) is 5. The molecule has 2 aliphatic rings. The number of Topliss-reactive ketones (excluding diaryl/α,β-unsaturated/α-hetero) is 1. The molecular weight excluding hydrogens is 304 g/mol. The Balaban J connectivity index is 1.44. The molecule has 1 saturated heterocycles. The van der Waals surface area contributed by atoms with E-state index in [0.29, 0.717) is 17.1 Å². The smallest absolute Gasteiger partial charge is 0.233 e. The van der Waals surface area contributed by atoms with E-state index in [1.54, 1.807) is 12.3 Å². The van der Waals surface area contributed by atoms with Gasteiger partial charge in [0.15, 0.2) is 5.76 Å². The number of allylic oxidation sites excluding steroid dienone is 1. The molecule has 0 bridgehead atoms. The zero-order chi connectivity index (χ0) is 16.5. The van der Waals surface area contributed by atoms with Gasteiger partial charge >= 0.3 is 0 Å². The van der Waals surface area contributed by atoms with Crippen LogP contribution in [-0.4, -0.2) is 42.0 Å². The summed E-state index contributed by atoms with van der Waals surface area (Å²) in [4.78, 5) is 16.8. The van der Waals surface area contributed by atoms with Crippen molar-refractivity contribution < 1.29 is 14.6 Å². The van der Waals surface area contributed by atoms with E-state index < -0.39 is 0 Å². The number of benzene rings is 2. The average Bonchev–Trinajstić information content (AvgIpc) is 2.91. The SMILES string of the molecule is O=C1/C(=C/N2CCN(c3ccccc3)CC2)Oc2cc(O)ccc21. The monoisotopic (exact) mass is 322 g/mol. The van der Waals surface area contributed by atoms with E-state index in [1.807, 2.05) is 18.2 Å². The minimum absolute atomic E-state index is 0.0966. The number of piperazine rings is 1. The molecule has 0 saturated carbocycles. The lowest BCUT2D eigenvalue weighted by Crippen LogP contribution is -2.44. The highest BCUT2D eigenvalue weighted by Gasteiger charge is 2.28. The number of ether oxygens (including phenoxy) is 1. The van der Waals surface area contributed by atoms with E-state index in [1.165, 1.54) is 17.8 Å². The second-order valence-electron chi connectivity index (χ2n) is 5.96. The van der Waals surface area contributed by atoms with Gasteiger partial charge < -0.3 is 19.6 Å². The number of aromatic hydroxyl groups is 1. The summed E-state index contributed by atoms with van der Waals surface area (Å²) in [5, 5.41) is 9.50. The van der Waals surface area contributed by atoms with E-state index in [2.05, 4.69) is 21.9 Å². The largest absolute Gasteiger partial charge is 0.508 e. The summed E-state index contributed by atoms with van der Waals surface area (Å²) in [7, 11) is 0. The van der Waals surface area contributed by atoms with Crippen LogP contribution < -0.4 is 9.64 Å². The maximum Gasteiger partial charge on any atom is 0.233 e. The van der Waals surface area contributed by atoms with Gasteiger partial charge in [-0.3, -0.25) is 4.79 Å². The Bertz CT molecular complexity index is 794. The molecule has 5 nitrogen and oxygen atoms in total. The third-order valence-electron chi connectivity index (χ3n) is 4.39. The Morgan fingerprint density at radius 3 is 2.50 bits per heavy atom. The van der Waals surface area contributed by atoms with Crippen LogP contribution in [0.4, 0.5) is 5.69 Å². The molecule has 2 aromatic carbocycles. The van der Waals surface area contributed by atoms with Crippen LogP contribution in [0.3, 0.4) is 0 Å². The Kier molecular flexibility index (Phi) is 3.61. The number of nitrogens with zero attached hydrogens (tertiary/aromatic N) is 2. The molecule has 1 fully saturated rings. The van der Waals surface area contributed by atoms with Gasteiger partial charge in [-0.1, -0.05) is 18.2 Å². The molecule has 0 amide bonds. The molecule has 0 unspecified atom stereocenters. The maximum absolute atomic E-state index is 12.4. The number of phenolic OH excluding ortho intramolecular Hbond substituents is 1. The summed E-state index contributed by atoms with van der Waals surface area (Å²) in [5.74, 6) is 0.715. The first-order valence-electron chi connectivity index (χ1n) is 8.02. The van der Waals surface area contributed by atoms with E-state index in [9.17, 15) is 9.90 Å². The number of ketones is 1. The molecule has 0 aromatic heterocycles. The van der Waals surface area contributed by atoms with Crippen molar-refractivity contribution >= 4 is 11.5 Å². The van der Waals surface area contributed by atoms with Crippen molar-refractivity contribution in [2.24, 2.45) is 0 Å². The maximum atomic E-state index is 12.4. The number of anilines is 1. The number of phenols is 1. The standard InChI is InChI=1S/C19H18N2O3/c22-15-6-7-16-17(12-15)24-18(19(16)23)13-20-8-10-21(11-9-20)14-4-2-1-3-5-14/h1-7,12-13,22H,8-11H2/b18-13-. The highest BCUT2D eigenvalue weighted by molar-refractivity contribution is 6.12. The molecule has 4 rings (SSSR count). The minimum atomic E-state index is -0.129. The Hall–Kier alpha value is -2.95. The fourth-order valence-electron chi connectivity index (χ4n) is 3.08. The molecule has 0 atom stereocenters. The van der Waals surface area contributed by atoms with E-state index in [0.717, 1.165) is 26.2 Å². The second-order valence-corrected chi connectivity index (χ2v) is 5.96. The summed E-state index contributed by atoms with van der Waals surface area (Å²) in [6, 6.07) is 14.9. The Morgan fingerprint density at radius 2 is 1.75 bits per heavy atom. The molecule has 5 heteroatoms. The summed E-state index contributed by atoms with van der Waals surface area (Å²) >= 11 is 0. The highest BCUT2D eigenvalue weighted by Crippen LogP contribution is 2.33. The normalized spacial score (nSPS) is 18.7. The van der Waals surface area contributed by atoms with E-state index in [-0.39, 0.29) is 11.5 Å². The van der Waals surface area contributed by atoms with Crippen LogP contribution in [0.15, 0.2) is 60.5 Å². The van der Waals surface area contributed by atoms with Crippen molar-refractivity contribution in [1.82, 2.24) is 4.90 Å². The summed E-state index contributed by atoms with van der Waals surface area (Å²) in [6.07, 6.45) is 1.79. The van der Waals surface area contributed by atoms with Crippen LogP contribution in [0.2, 0.25) is 0 Å². The van der Waals surface area contributed by atoms with E-state index >= 15 is 0 Å². The minimum Gasteiger partial charge on any atom is -0.508 e. The van der Waals surface area contributed by atoms with E-state index in [4.69, 9.17) is 4.74 Å². The first-order chi connectivity index (χ1) is 11.7. The topological polar surface area (TPSA) is 53.0 Å². The molecule has 0 radical (unpaired) electrons. The molecule has 2 aromatic rings. The van der Waals surface area contributed by atoms with Crippen molar-refractivity contribution in [2.75, 3.05) is 31.1 Å². The first-order valence-corrected chi connectivity index (χ1v) is 8.02. The van der Waals surface area contributed by atoms with Crippen LogP contribution >= 0.6 is 0 Å². The van der Waals surface area contributed by atoms with Gasteiger partial charge in [0.05, 0.1) is 5.56 Å². The quantitative estimate of drug-likeness (QED) is 0.862. The van der Waals surface area contributed by atoms with Crippen molar-refractivity contribution in [3.63, 3.8) is 0 Å². The van der Waals surface area contributed by atoms with Crippen LogP contribution in [-0.2, 0) is 0 Å². The summed E-state index contributed by atoms with van der Waals surface area (Å²) < 4.78 is 5.61. The lowest BCUT2D eigenvalue weighted by Gasteiger charge is -2.35. The Morgan fingerprint density at radius 1 is 1.00 bits per heavy atom. The van der Waals surface area contributed by atoms with Crippen LogP contribution in [0.5, 0.6) is 11.5 Å². The van der Waals surface area contributed by atoms with Crippen molar-refractivity contribution in [2.45, 2.75) is 0 Å². The second kappa shape index (κ2) is 5.92. The lowest BCUT2D eigenvalue weighted by atomic mass is 10.1. The van der Waals surface area contributed by atoms with Gasteiger partial charge in [0.1, 0.15) is 11.5 Å². The fraction of sp³-hybridized carbons (Fsp3) is 0.211. The predicted molar refractivity (Wildman–Crippen MR) is 91.4 cm³/mol. The molecule has 1 N–H and O–H groups in total. The van der Waals surface area contributed by atoms with Crippen LogP contribution in [0.25, 0.3) is 0 Å². The molecule has 2 heterocycles. The summed E-state index contributed by atoms with van der Waals surface area (Å²) in [6.45, 7) is 3.46. The van der Waals surface area contributed by atoms with Gasteiger partial charge in [0.2, 0.25) is 5.78 Å². The number of rotatable bonds is 2. The lowest BCUT2D eigenvalue weighted by molar-refractivity contribution is 0.101.